The maximum absolute atomic E-state index is 5.99. The molecule has 0 aliphatic carbocycles. The van der Waals surface area contributed by atoms with Gasteiger partial charge < -0.3 is 11.5 Å². The lowest BCUT2D eigenvalue weighted by molar-refractivity contribution is 1.08. The lowest BCUT2D eigenvalue weighted by atomic mass is 10.3. The van der Waals surface area contributed by atoms with Gasteiger partial charge in [0.25, 0.3) is 0 Å². The molecule has 0 saturated carbocycles. The Balaban J connectivity index is 2.35. The van der Waals surface area contributed by atoms with E-state index in [1.807, 2.05) is 0 Å². The molecule has 0 radical (unpaired) electrons. The summed E-state index contributed by atoms with van der Waals surface area (Å²) in [4.78, 5) is 12.2. The fourth-order valence-corrected chi connectivity index (χ4v) is 2.34. The summed E-state index contributed by atoms with van der Waals surface area (Å²) in [6.45, 7) is 0. The van der Waals surface area contributed by atoms with Gasteiger partial charge >= 0.3 is 0 Å². The van der Waals surface area contributed by atoms with E-state index in [0.29, 0.717) is 26.9 Å². The number of imidazole rings is 1. The number of hydrogen-bond donors (Lipinski definition) is 2. The van der Waals surface area contributed by atoms with Crippen molar-refractivity contribution < 1.29 is 0 Å². The number of anilines is 2. The van der Waals surface area contributed by atoms with Crippen LogP contribution in [0.2, 0.25) is 10.0 Å². The van der Waals surface area contributed by atoms with Crippen LogP contribution in [0.4, 0.5) is 11.9 Å². The highest BCUT2D eigenvalue weighted by atomic mass is 35.5. The maximum Gasteiger partial charge on any atom is 0.222 e. The number of nitrogens with zero attached hydrogens (tertiary/aromatic N) is 4. The summed E-state index contributed by atoms with van der Waals surface area (Å²) in [5, 5.41) is 0.983. The van der Waals surface area contributed by atoms with E-state index in [9.17, 15) is 0 Å². The standard InChI is InChI=1S/C11H8Cl2N6/c12-5-1-6(13)3-7(2-5)19-9-8(17-11(19)15)4-16-10(14)18-9/h1-4H,(H2,15,17)(H2,14,16,18). The van der Waals surface area contributed by atoms with Gasteiger partial charge in [0.15, 0.2) is 5.65 Å². The van der Waals surface area contributed by atoms with Crippen molar-refractivity contribution in [1.29, 1.82) is 0 Å². The predicted molar refractivity (Wildman–Crippen MR) is 75.5 cm³/mol. The predicted octanol–water partition coefficient (Wildman–Crippen LogP) is 2.29. The van der Waals surface area contributed by atoms with Gasteiger partial charge in [0.1, 0.15) is 5.52 Å². The topological polar surface area (TPSA) is 95.6 Å². The SMILES string of the molecule is Nc1ncc2nc(N)n(-c3cc(Cl)cc(Cl)c3)c2n1. The Bertz CT molecular complexity index is 762. The summed E-state index contributed by atoms with van der Waals surface area (Å²) in [6.07, 6.45) is 1.51. The van der Waals surface area contributed by atoms with E-state index in [4.69, 9.17) is 34.7 Å². The molecule has 0 unspecified atom stereocenters. The van der Waals surface area contributed by atoms with Gasteiger partial charge in [-0.2, -0.15) is 4.98 Å². The molecule has 0 amide bonds. The Hall–Kier alpha value is -2.05. The molecule has 0 atom stereocenters. The van der Waals surface area contributed by atoms with Crippen molar-refractivity contribution in [2.45, 2.75) is 0 Å². The van der Waals surface area contributed by atoms with Crippen molar-refractivity contribution in [3.8, 4) is 5.69 Å². The van der Waals surface area contributed by atoms with Gasteiger partial charge in [-0.3, -0.25) is 4.57 Å². The van der Waals surface area contributed by atoms with Gasteiger partial charge in [0.2, 0.25) is 11.9 Å². The molecule has 0 aliphatic rings. The van der Waals surface area contributed by atoms with E-state index < -0.39 is 0 Å². The van der Waals surface area contributed by atoms with Crippen LogP contribution in [0, 0.1) is 0 Å². The number of nitrogens with two attached hydrogens (primary N) is 2. The summed E-state index contributed by atoms with van der Waals surface area (Å²) < 4.78 is 1.62. The van der Waals surface area contributed by atoms with Crippen molar-refractivity contribution in [3.63, 3.8) is 0 Å². The number of aromatic nitrogens is 4. The number of benzene rings is 1. The molecule has 6 nitrogen and oxygen atoms in total. The van der Waals surface area contributed by atoms with Gasteiger partial charge in [-0.25, -0.2) is 9.97 Å². The molecular weight excluding hydrogens is 287 g/mol. The first kappa shape index (κ1) is 12.0. The van der Waals surface area contributed by atoms with Gasteiger partial charge in [-0.1, -0.05) is 23.2 Å². The monoisotopic (exact) mass is 294 g/mol. The Morgan fingerprint density at radius 1 is 1.00 bits per heavy atom. The average molecular weight is 295 g/mol. The van der Waals surface area contributed by atoms with Crippen LogP contribution in [0.3, 0.4) is 0 Å². The first-order chi connectivity index (χ1) is 9.04. The van der Waals surface area contributed by atoms with Crippen LogP contribution in [-0.4, -0.2) is 19.5 Å². The van der Waals surface area contributed by atoms with Gasteiger partial charge in [0.05, 0.1) is 11.9 Å². The number of halogens is 2. The highest BCUT2D eigenvalue weighted by Gasteiger charge is 2.13. The molecule has 96 valence electrons. The lowest BCUT2D eigenvalue weighted by Gasteiger charge is -2.07. The summed E-state index contributed by atoms with van der Waals surface area (Å²) in [6, 6.07) is 5.05. The summed E-state index contributed by atoms with van der Waals surface area (Å²) in [5.74, 6) is 0.398. The molecule has 0 bridgehead atoms. The third-order valence-corrected chi connectivity index (χ3v) is 2.99. The maximum atomic E-state index is 5.99. The third kappa shape index (κ3) is 2.05. The van der Waals surface area contributed by atoms with Gasteiger partial charge in [-0.05, 0) is 18.2 Å². The Morgan fingerprint density at radius 2 is 1.68 bits per heavy atom. The molecule has 0 spiro atoms. The van der Waals surface area contributed by atoms with E-state index in [2.05, 4.69) is 15.0 Å². The molecule has 2 heterocycles. The van der Waals surface area contributed by atoms with Crippen LogP contribution in [0.1, 0.15) is 0 Å². The average Bonchev–Trinajstić information content (AvgIpc) is 2.63. The summed E-state index contributed by atoms with van der Waals surface area (Å²) in [5.41, 5.74) is 13.2. The van der Waals surface area contributed by atoms with Gasteiger partial charge in [0, 0.05) is 10.0 Å². The molecule has 19 heavy (non-hydrogen) atoms. The van der Waals surface area contributed by atoms with Crippen LogP contribution >= 0.6 is 23.2 Å². The first-order valence-electron chi connectivity index (χ1n) is 5.27. The second-order valence-corrected chi connectivity index (χ2v) is 4.74. The summed E-state index contributed by atoms with van der Waals surface area (Å²) >= 11 is 12.0. The number of nitrogen functional groups attached to an aromatic ring is 2. The molecule has 3 aromatic rings. The van der Waals surface area contributed by atoms with E-state index >= 15 is 0 Å². The second-order valence-electron chi connectivity index (χ2n) is 3.87. The minimum absolute atomic E-state index is 0.141. The highest BCUT2D eigenvalue weighted by molar-refractivity contribution is 6.34. The fourth-order valence-electron chi connectivity index (χ4n) is 1.83. The van der Waals surface area contributed by atoms with Crippen molar-refractivity contribution >= 4 is 46.3 Å². The number of rotatable bonds is 1. The lowest BCUT2D eigenvalue weighted by Crippen LogP contribution is -2.02. The molecule has 3 rings (SSSR count). The highest BCUT2D eigenvalue weighted by Crippen LogP contribution is 2.26. The molecule has 2 aromatic heterocycles. The van der Waals surface area contributed by atoms with E-state index in [1.54, 1.807) is 22.8 Å². The minimum Gasteiger partial charge on any atom is -0.369 e. The Morgan fingerprint density at radius 3 is 2.37 bits per heavy atom. The zero-order chi connectivity index (χ0) is 13.6. The molecule has 4 N–H and O–H groups in total. The second kappa shape index (κ2) is 4.25. The van der Waals surface area contributed by atoms with Gasteiger partial charge in [-0.15, -0.1) is 0 Å². The fraction of sp³-hybridized carbons (Fsp3) is 0. The van der Waals surface area contributed by atoms with E-state index in [-0.39, 0.29) is 11.9 Å². The molecule has 0 fully saturated rings. The van der Waals surface area contributed by atoms with E-state index in [1.165, 1.54) is 6.20 Å². The Kier molecular flexibility index (Phi) is 2.69. The number of fused-ring (bicyclic) bond motifs is 1. The van der Waals surface area contributed by atoms with Crippen LogP contribution in [0.5, 0.6) is 0 Å². The van der Waals surface area contributed by atoms with Crippen molar-refractivity contribution in [2.24, 2.45) is 0 Å². The molecule has 0 aliphatic heterocycles. The quantitative estimate of drug-likeness (QED) is 0.718. The van der Waals surface area contributed by atoms with E-state index in [0.717, 1.165) is 0 Å². The third-order valence-electron chi connectivity index (χ3n) is 2.55. The number of hydrogen-bond acceptors (Lipinski definition) is 5. The van der Waals surface area contributed by atoms with Crippen LogP contribution in [0.25, 0.3) is 16.9 Å². The van der Waals surface area contributed by atoms with Crippen LogP contribution in [-0.2, 0) is 0 Å². The zero-order valence-corrected chi connectivity index (χ0v) is 11.0. The zero-order valence-electron chi connectivity index (χ0n) is 9.51. The van der Waals surface area contributed by atoms with Crippen molar-refractivity contribution in [3.05, 3.63) is 34.4 Å². The Labute approximate surface area is 118 Å². The molecule has 8 heteroatoms. The molecular formula is C11H8Cl2N6. The van der Waals surface area contributed by atoms with Crippen LogP contribution in [0.15, 0.2) is 24.4 Å². The minimum atomic E-state index is 0.141. The van der Waals surface area contributed by atoms with Crippen molar-refractivity contribution in [1.82, 2.24) is 19.5 Å². The first-order valence-corrected chi connectivity index (χ1v) is 6.03. The molecule has 0 saturated heterocycles. The normalized spacial score (nSPS) is 11.1. The van der Waals surface area contributed by atoms with Crippen molar-refractivity contribution in [2.75, 3.05) is 11.5 Å². The molecule has 1 aromatic carbocycles. The summed E-state index contributed by atoms with van der Waals surface area (Å²) in [7, 11) is 0. The van der Waals surface area contributed by atoms with Crippen LogP contribution < -0.4 is 11.5 Å². The largest absolute Gasteiger partial charge is 0.369 e. The smallest absolute Gasteiger partial charge is 0.222 e.